The number of aromatic nitrogens is 6. The minimum Gasteiger partial charge on any atom is -0.303 e. The standard InChI is InChI=1S/C13H13F2N6O4P/c14-9-1-2-10(11(15)3-9)13(21-8-17-6-19-21)12(25-26(22,23)24)4-20-7-16-5-18-20/h1-3,5-8,12-13H,4H2,(H2,22,23,24). The first kappa shape index (κ1) is 18.3. The molecule has 1 aromatic carbocycles. The molecule has 0 radical (unpaired) electrons. The summed E-state index contributed by atoms with van der Waals surface area (Å²) < 4.78 is 46.4. The molecule has 0 aliphatic carbocycles. The summed E-state index contributed by atoms with van der Waals surface area (Å²) in [7, 11) is -4.96. The van der Waals surface area contributed by atoms with Gasteiger partial charge in [0.15, 0.2) is 0 Å². The summed E-state index contributed by atoms with van der Waals surface area (Å²) in [5, 5.41) is 7.76. The number of halogens is 2. The van der Waals surface area contributed by atoms with Crippen LogP contribution in [-0.4, -0.2) is 45.4 Å². The summed E-state index contributed by atoms with van der Waals surface area (Å²) in [6.45, 7) is -0.188. The van der Waals surface area contributed by atoms with Crippen molar-refractivity contribution >= 4 is 7.82 Å². The maximum absolute atomic E-state index is 14.4. The quantitative estimate of drug-likeness (QED) is 0.574. The number of phosphoric acid groups is 1. The second-order valence-corrected chi connectivity index (χ2v) is 6.43. The highest BCUT2D eigenvalue weighted by atomic mass is 31.2. The van der Waals surface area contributed by atoms with E-state index in [0.29, 0.717) is 6.07 Å². The van der Waals surface area contributed by atoms with Crippen molar-refractivity contribution in [2.75, 3.05) is 0 Å². The largest absolute Gasteiger partial charge is 0.470 e. The molecule has 0 spiro atoms. The van der Waals surface area contributed by atoms with Crippen LogP contribution in [0.5, 0.6) is 0 Å². The van der Waals surface area contributed by atoms with Crippen molar-refractivity contribution in [3.05, 3.63) is 60.7 Å². The van der Waals surface area contributed by atoms with Gasteiger partial charge < -0.3 is 9.79 Å². The monoisotopic (exact) mass is 386 g/mol. The van der Waals surface area contributed by atoms with E-state index < -0.39 is 31.6 Å². The van der Waals surface area contributed by atoms with Gasteiger partial charge in [0, 0.05) is 11.6 Å². The van der Waals surface area contributed by atoms with E-state index in [1.54, 1.807) is 0 Å². The van der Waals surface area contributed by atoms with Gasteiger partial charge in [-0.1, -0.05) is 6.07 Å². The molecule has 2 aromatic heterocycles. The molecule has 0 fully saturated rings. The van der Waals surface area contributed by atoms with Crippen molar-refractivity contribution in [3.63, 3.8) is 0 Å². The Morgan fingerprint density at radius 1 is 1.15 bits per heavy atom. The fourth-order valence-corrected chi connectivity index (χ4v) is 3.03. The highest BCUT2D eigenvalue weighted by molar-refractivity contribution is 7.46. The number of hydrogen-bond acceptors (Lipinski definition) is 6. The predicted molar refractivity (Wildman–Crippen MR) is 81.5 cm³/mol. The van der Waals surface area contributed by atoms with Crippen molar-refractivity contribution in [3.8, 4) is 0 Å². The Bertz CT molecular complexity index is 902. The molecule has 2 unspecified atom stereocenters. The lowest BCUT2D eigenvalue weighted by molar-refractivity contribution is 0.0827. The predicted octanol–water partition coefficient (Wildman–Crippen LogP) is 0.915. The lowest BCUT2D eigenvalue weighted by atomic mass is 10.0. The highest BCUT2D eigenvalue weighted by Crippen LogP contribution is 2.42. The lowest BCUT2D eigenvalue weighted by Gasteiger charge is -2.27. The summed E-state index contributed by atoms with van der Waals surface area (Å²) in [5.41, 5.74) is -0.0875. The van der Waals surface area contributed by atoms with E-state index in [2.05, 4.69) is 20.2 Å². The Kier molecular flexibility index (Phi) is 5.18. The number of nitrogens with zero attached hydrogens (tertiary/aromatic N) is 6. The third-order valence-corrected chi connectivity index (χ3v) is 4.01. The molecular formula is C13H13F2N6O4P. The lowest BCUT2D eigenvalue weighted by Crippen LogP contribution is -2.32. The maximum Gasteiger partial charge on any atom is 0.470 e. The SMILES string of the molecule is O=P(O)(O)OC(Cn1cncn1)C(c1ccc(F)cc1F)n1cncn1. The van der Waals surface area contributed by atoms with E-state index in [1.807, 2.05) is 0 Å². The number of benzene rings is 1. The van der Waals surface area contributed by atoms with Crippen LogP contribution in [0, 0.1) is 11.6 Å². The Hall–Kier alpha value is -2.53. The zero-order valence-corrected chi connectivity index (χ0v) is 13.9. The van der Waals surface area contributed by atoms with Crippen LogP contribution in [0.1, 0.15) is 11.6 Å². The molecule has 3 aromatic rings. The van der Waals surface area contributed by atoms with Gasteiger partial charge in [-0.25, -0.2) is 28.0 Å². The first-order valence-electron chi connectivity index (χ1n) is 7.19. The topological polar surface area (TPSA) is 128 Å². The molecular weight excluding hydrogens is 373 g/mol. The van der Waals surface area contributed by atoms with Crippen molar-refractivity contribution in [2.24, 2.45) is 0 Å². The van der Waals surface area contributed by atoms with Crippen LogP contribution in [0.4, 0.5) is 8.78 Å². The Morgan fingerprint density at radius 2 is 1.88 bits per heavy atom. The van der Waals surface area contributed by atoms with Crippen molar-refractivity contribution in [1.29, 1.82) is 0 Å². The van der Waals surface area contributed by atoms with E-state index in [9.17, 15) is 23.1 Å². The molecule has 2 heterocycles. The van der Waals surface area contributed by atoms with Crippen LogP contribution in [0.3, 0.4) is 0 Å². The molecule has 2 atom stereocenters. The first-order valence-corrected chi connectivity index (χ1v) is 8.72. The van der Waals surface area contributed by atoms with Gasteiger partial charge in [-0.05, 0) is 6.07 Å². The fourth-order valence-electron chi connectivity index (χ4n) is 2.49. The summed E-state index contributed by atoms with van der Waals surface area (Å²) in [5.74, 6) is -1.73. The zero-order chi connectivity index (χ0) is 18.7. The van der Waals surface area contributed by atoms with Crippen molar-refractivity contribution < 1.29 is 27.7 Å². The number of rotatable bonds is 7. The second kappa shape index (κ2) is 7.38. The van der Waals surface area contributed by atoms with Crippen molar-refractivity contribution in [1.82, 2.24) is 29.5 Å². The molecule has 3 rings (SSSR count). The molecule has 10 nitrogen and oxygen atoms in total. The molecule has 138 valence electrons. The minimum absolute atomic E-state index is 0.0875. The van der Waals surface area contributed by atoms with Crippen molar-refractivity contribution in [2.45, 2.75) is 18.7 Å². The summed E-state index contributed by atoms with van der Waals surface area (Å²) in [4.78, 5) is 26.0. The van der Waals surface area contributed by atoms with Gasteiger partial charge >= 0.3 is 7.82 Å². The molecule has 13 heteroatoms. The van der Waals surface area contributed by atoms with Gasteiger partial charge in [-0.3, -0.25) is 9.21 Å². The van der Waals surface area contributed by atoms with Gasteiger partial charge in [0.2, 0.25) is 0 Å². The molecule has 0 saturated carbocycles. The van der Waals surface area contributed by atoms with E-state index in [-0.39, 0.29) is 12.1 Å². The van der Waals surface area contributed by atoms with Crippen LogP contribution < -0.4 is 0 Å². The zero-order valence-electron chi connectivity index (χ0n) is 13.0. The molecule has 0 saturated heterocycles. The van der Waals surface area contributed by atoms with E-state index >= 15 is 0 Å². The summed E-state index contributed by atoms with van der Waals surface area (Å²) >= 11 is 0. The van der Waals surface area contributed by atoms with Crippen LogP contribution in [0.15, 0.2) is 43.5 Å². The highest BCUT2D eigenvalue weighted by Gasteiger charge is 2.34. The summed E-state index contributed by atoms with van der Waals surface area (Å²) in [6.07, 6.45) is 3.59. The van der Waals surface area contributed by atoms with Gasteiger partial charge in [0.1, 0.15) is 49.1 Å². The molecule has 0 aliphatic heterocycles. The minimum atomic E-state index is -4.96. The third kappa shape index (κ3) is 4.35. The van der Waals surface area contributed by atoms with Crippen LogP contribution in [0.25, 0.3) is 0 Å². The first-order chi connectivity index (χ1) is 12.3. The van der Waals surface area contributed by atoms with E-state index in [0.717, 1.165) is 16.8 Å². The molecule has 2 N–H and O–H groups in total. The number of hydrogen-bond donors (Lipinski definition) is 2. The van der Waals surface area contributed by atoms with Gasteiger partial charge in [0.05, 0.1) is 6.54 Å². The number of phosphoric ester groups is 1. The van der Waals surface area contributed by atoms with Gasteiger partial charge in [-0.15, -0.1) is 0 Å². The van der Waals surface area contributed by atoms with E-state index in [1.165, 1.54) is 30.0 Å². The van der Waals surface area contributed by atoms with Gasteiger partial charge in [0.25, 0.3) is 0 Å². The van der Waals surface area contributed by atoms with Crippen LogP contribution >= 0.6 is 7.82 Å². The van der Waals surface area contributed by atoms with E-state index in [4.69, 9.17) is 4.52 Å². The van der Waals surface area contributed by atoms with Gasteiger partial charge in [-0.2, -0.15) is 10.2 Å². The summed E-state index contributed by atoms with van der Waals surface area (Å²) in [6, 6.07) is 1.67. The molecule has 0 amide bonds. The fraction of sp³-hybridized carbons (Fsp3) is 0.231. The average molecular weight is 386 g/mol. The Labute approximate surface area is 145 Å². The van der Waals surface area contributed by atoms with Crippen LogP contribution in [0.2, 0.25) is 0 Å². The van der Waals surface area contributed by atoms with Crippen LogP contribution in [-0.2, 0) is 15.6 Å². The molecule has 26 heavy (non-hydrogen) atoms. The molecule has 0 aliphatic rings. The average Bonchev–Trinajstić information content (AvgIpc) is 3.21. The third-order valence-electron chi connectivity index (χ3n) is 3.46. The second-order valence-electron chi connectivity index (χ2n) is 5.24. The Balaban J connectivity index is 2.07. The Morgan fingerprint density at radius 3 is 2.46 bits per heavy atom. The normalized spacial score (nSPS) is 14.3. The smallest absolute Gasteiger partial charge is 0.303 e. The molecule has 0 bridgehead atoms. The maximum atomic E-state index is 14.4.